The summed E-state index contributed by atoms with van der Waals surface area (Å²) in [6.45, 7) is 6.15. The number of halogens is 3. The molecule has 1 saturated carbocycles. The molecular weight excluding hydrogens is 487 g/mol. The zero-order valence-electron chi connectivity index (χ0n) is 22.3. The van der Waals surface area contributed by atoms with Crippen molar-refractivity contribution in [2.75, 3.05) is 26.2 Å². The van der Waals surface area contributed by atoms with E-state index in [2.05, 4.69) is 40.7 Å². The molecule has 3 heterocycles. The number of carbonyl (C=O) groups is 1. The summed E-state index contributed by atoms with van der Waals surface area (Å²) < 4.78 is 43.0. The molecule has 3 aliphatic heterocycles. The summed E-state index contributed by atoms with van der Waals surface area (Å²) >= 11 is 0. The minimum absolute atomic E-state index is 0.00324. The fourth-order valence-electron chi connectivity index (χ4n) is 8.16. The highest BCUT2D eigenvalue weighted by Gasteiger charge is 2.57. The Morgan fingerprint density at radius 1 is 1.03 bits per heavy atom. The molecule has 204 valence electrons. The minimum Gasteiger partial charge on any atom is -0.345 e. The third-order valence-corrected chi connectivity index (χ3v) is 10.1. The van der Waals surface area contributed by atoms with Crippen LogP contribution in [0, 0.1) is 24.6 Å². The van der Waals surface area contributed by atoms with E-state index in [0.717, 1.165) is 26.2 Å². The van der Waals surface area contributed by atoms with Crippen LogP contribution in [0.5, 0.6) is 0 Å². The molecule has 6 rings (SSSR count). The van der Waals surface area contributed by atoms with Crippen molar-refractivity contribution in [3.63, 3.8) is 0 Å². The number of amides is 1. The largest absolute Gasteiger partial charge is 0.345 e. The lowest BCUT2D eigenvalue weighted by Crippen LogP contribution is -2.91. The van der Waals surface area contributed by atoms with Gasteiger partial charge in [-0.05, 0) is 61.6 Å². The molecule has 1 amide bonds. The van der Waals surface area contributed by atoms with Gasteiger partial charge in [-0.15, -0.1) is 0 Å². The molecule has 3 fully saturated rings. The molecule has 4 atom stereocenters. The van der Waals surface area contributed by atoms with E-state index in [4.69, 9.17) is 0 Å². The van der Waals surface area contributed by atoms with Crippen molar-refractivity contribution in [3.05, 3.63) is 70.5 Å². The van der Waals surface area contributed by atoms with E-state index in [1.165, 1.54) is 22.8 Å². The fourth-order valence-corrected chi connectivity index (χ4v) is 8.16. The van der Waals surface area contributed by atoms with Crippen molar-refractivity contribution in [2.24, 2.45) is 11.8 Å². The quantitative estimate of drug-likeness (QED) is 0.633. The zero-order chi connectivity index (χ0) is 26.5. The van der Waals surface area contributed by atoms with Crippen molar-refractivity contribution in [2.45, 2.75) is 75.3 Å². The molecule has 7 heteroatoms. The van der Waals surface area contributed by atoms with E-state index in [-0.39, 0.29) is 53.8 Å². The summed E-state index contributed by atoms with van der Waals surface area (Å²) in [5, 5.41) is 4.62. The number of nitrogens with two attached hydrogens (primary N) is 2. The topological polar surface area (TPSA) is 53.5 Å². The molecule has 0 radical (unpaired) electrons. The van der Waals surface area contributed by atoms with E-state index in [9.17, 15) is 18.0 Å². The van der Waals surface area contributed by atoms with Gasteiger partial charge in [0.05, 0.1) is 19.6 Å². The number of quaternary nitrogens is 2. The van der Waals surface area contributed by atoms with Crippen LogP contribution in [-0.4, -0.2) is 49.0 Å². The zero-order valence-corrected chi connectivity index (χ0v) is 22.3. The first kappa shape index (κ1) is 25.9. The molecule has 1 spiro atoms. The second-order valence-corrected chi connectivity index (χ2v) is 12.3. The first-order valence-electron chi connectivity index (χ1n) is 14.4. The Kier molecular flexibility index (Phi) is 6.79. The lowest BCUT2D eigenvalue weighted by atomic mass is 9.67. The molecule has 1 aliphatic carbocycles. The van der Waals surface area contributed by atoms with Gasteiger partial charge in [-0.1, -0.05) is 42.0 Å². The smallest absolute Gasteiger partial charge is 0.248 e. The lowest BCUT2D eigenvalue weighted by molar-refractivity contribution is -0.691. The van der Waals surface area contributed by atoms with Crippen LogP contribution < -0.4 is 10.6 Å². The number of alkyl halides is 2. The highest BCUT2D eigenvalue weighted by Crippen LogP contribution is 2.45. The molecule has 4 nitrogen and oxygen atoms in total. The van der Waals surface area contributed by atoms with Crippen LogP contribution in [0.25, 0.3) is 0 Å². The monoisotopic (exact) mass is 527 g/mol. The van der Waals surface area contributed by atoms with Crippen LogP contribution >= 0.6 is 0 Å². The Balaban J connectivity index is 1.31. The molecule has 4 N–H and O–H groups in total. The van der Waals surface area contributed by atoms with Gasteiger partial charge in [-0.3, -0.25) is 4.79 Å². The van der Waals surface area contributed by atoms with Gasteiger partial charge in [-0.25, -0.2) is 13.2 Å². The third kappa shape index (κ3) is 4.56. The van der Waals surface area contributed by atoms with E-state index >= 15 is 0 Å². The summed E-state index contributed by atoms with van der Waals surface area (Å²) in [6, 6.07) is 13.5. The Labute approximate surface area is 223 Å². The molecule has 0 unspecified atom stereocenters. The van der Waals surface area contributed by atoms with Crippen molar-refractivity contribution < 1.29 is 28.6 Å². The van der Waals surface area contributed by atoms with Crippen molar-refractivity contribution >= 4 is 5.91 Å². The van der Waals surface area contributed by atoms with Gasteiger partial charge in [0.1, 0.15) is 23.7 Å². The third-order valence-electron chi connectivity index (χ3n) is 10.1. The Bertz CT molecular complexity index is 1190. The Morgan fingerprint density at radius 3 is 2.58 bits per heavy atom. The summed E-state index contributed by atoms with van der Waals surface area (Å²) in [5.41, 5.74) is 4.36. The maximum Gasteiger partial charge on any atom is 0.248 e. The van der Waals surface area contributed by atoms with Crippen LogP contribution in [0.4, 0.5) is 13.2 Å². The average molecular weight is 528 g/mol. The number of likely N-dealkylation sites (tertiary alicyclic amines) is 1. The van der Waals surface area contributed by atoms with Crippen molar-refractivity contribution in [3.8, 4) is 0 Å². The molecular formula is C31H40F3N3O+2. The Hall–Kier alpha value is -2.38. The predicted molar refractivity (Wildman–Crippen MR) is 139 cm³/mol. The molecule has 4 aliphatic rings. The van der Waals surface area contributed by atoms with Crippen LogP contribution in [0.15, 0.2) is 42.5 Å². The van der Waals surface area contributed by atoms with Gasteiger partial charge in [-0.2, -0.15) is 0 Å². The van der Waals surface area contributed by atoms with Crippen LogP contribution in [0.3, 0.4) is 0 Å². The van der Waals surface area contributed by atoms with Gasteiger partial charge in [0, 0.05) is 31.0 Å². The summed E-state index contributed by atoms with van der Waals surface area (Å²) in [5.74, 6) is -2.76. The maximum absolute atomic E-state index is 14.8. The first-order chi connectivity index (χ1) is 18.3. The second-order valence-electron chi connectivity index (χ2n) is 12.3. The number of hydrogen-bond donors (Lipinski definition) is 2. The summed E-state index contributed by atoms with van der Waals surface area (Å²) in [4.78, 5) is 16.6. The highest BCUT2D eigenvalue weighted by molar-refractivity contribution is 5.82. The number of hydrogen-bond acceptors (Lipinski definition) is 1. The van der Waals surface area contributed by atoms with Gasteiger partial charge >= 0.3 is 0 Å². The highest BCUT2D eigenvalue weighted by atomic mass is 19.3. The standard InChI is InChI=1S/C31H38F3N3O/c1-20-6-7-25-23(14-20)16-35-18-30(25)19-36-17-26(30)29(38)37-13-10-22(24-4-2-3-5-27(24)32)15-28(37)21-8-11-31(33,34)12-9-21/h2-7,14,21-22,26,28,35-36H,8-13,15-19H2,1H3/p+2/t22-,26+,28+,30+/m1/s1. The molecule has 0 bridgehead atoms. The number of aryl methyl sites for hydroxylation is 1. The predicted octanol–water partition coefficient (Wildman–Crippen LogP) is 3.24. The molecule has 2 aromatic carbocycles. The molecule has 0 aromatic heterocycles. The van der Waals surface area contributed by atoms with Gasteiger partial charge in [0.25, 0.3) is 0 Å². The van der Waals surface area contributed by atoms with E-state index in [1.54, 1.807) is 6.07 Å². The van der Waals surface area contributed by atoms with Gasteiger partial charge in [0.2, 0.25) is 11.8 Å². The van der Waals surface area contributed by atoms with E-state index in [1.807, 2.05) is 12.1 Å². The minimum atomic E-state index is -2.62. The Morgan fingerprint density at radius 2 is 1.79 bits per heavy atom. The SMILES string of the molecule is Cc1ccc2c(c1)C[NH2+]C[C@]21C[NH2+]C[C@H]1C(=O)N1CC[C@@H](c2ccccc2F)C[C@H]1C1CCC(F)(F)CC1. The number of rotatable bonds is 3. The van der Waals surface area contributed by atoms with Crippen LogP contribution in [0.1, 0.15) is 66.7 Å². The van der Waals surface area contributed by atoms with Crippen molar-refractivity contribution in [1.29, 1.82) is 0 Å². The molecule has 2 saturated heterocycles. The maximum atomic E-state index is 14.8. The van der Waals surface area contributed by atoms with Crippen molar-refractivity contribution in [1.82, 2.24) is 4.90 Å². The number of carbonyl (C=O) groups excluding carboxylic acids is 1. The van der Waals surface area contributed by atoms with Gasteiger partial charge in [0.15, 0.2) is 0 Å². The summed E-state index contributed by atoms with van der Waals surface area (Å²) in [6.07, 6.45) is 1.95. The van der Waals surface area contributed by atoms with Crippen LogP contribution in [0.2, 0.25) is 0 Å². The number of benzene rings is 2. The van der Waals surface area contributed by atoms with Crippen LogP contribution in [-0.2, 0) is 16.8 Å². The number of fused-ring (bicyclic) bond motifs is 2. The van der Waals surface area contributed by atoms with E-state index < -0.39 is 5.92 Å². The normalized spacial score (nSPS) is 31.4. The second kappa shape index (κ2) is 9.98. The van der Waals surface area contributed by atoms with E-state index in [0.29, 0.717) is 37.8 Å². The van der Waals surface area contributed by atoms with Gasteiger partial charge < -0.3 is 15.5 Å². The summed E-state index contributed by atoms with van der Waals surface area (Å²) in [7, 11) is 0. The fraction of sp³-hybridized carbons (Fsp3) is 0.581. The molecule has 2 aromatic rings. The lowest BCUT2D eigenvalue weighted by Gasteiger charge is -2.47. The molecule has 38 heavy (non-hydrogen) atoms. The average Bonchev–Trinajstić information content (AvgIpc) is 3.32. The first-order valence-corrected chi connectivity index (χ1v) is 14.4. The number of nitrogens with zero attached hydrogens (tertiary/aromatic N) is 1. The number of piperidine rings is 1.